The summed E-state index contributed by atoms with van der Waals surface area (Å²) in [5.41, 5.74) is 0. The summed E-state index contributed by atoms with van der Waals surface area (Å²) in [7, 11) is -2.47. The summed E-state index contributed by atoms with van der Waals surface area (Å²) in [4.78, 5) is 0. The molecule has 0 aliphatic rings. The minimum absolute atomic E-state index is 0. The van der Waals surface area contributed by atoms with Gasteiger partial charge in [0.2, 0.25) is 0 Å². The van der Waals surface area contributed by atoms with E-state index in [0.717, 1.165) is 14.2 Å². The summed E-state index contributed by atoms with van der Waals surface area (Å²) in [6, 6.07) is 0. The standard InChI is InChI=1S/2CH3O3S.2Pb/c2*1-4-5(2)3;;/h2*1H3;;/q2*-1;2*+2. The summed E-state index contributed by atoms with van der Waals surface area (Å²) < 4.78 is 43.9. The summed E-state index contributed by atoms with van der Waals surface area (Å²) in [5, 5.41) is 0. The fourth-order valence-electron chi connectivity index (χ4n) is 0. The Morgan fingerprint density at radius 3 is 0.833 bits per heavy atom. The van der Waals surface area contributed by atoms with Gasteiger partial charge in [0.05, 0.1) is 22.0 Å². The monoisotopic (exact) mass is 606 g/mol. The molecule has 0 rings (SSSR count). The molecule has 0 aliphatic heterocycles. The van der Waals surface area contributed by atoms with Gasteiger partial charge in [0.1, 0.15) is 0 Å². The maximum absolute atomic E-state index is 9.15. The third kappa shape index (κ3) is 41.3. The van der Waals surface area contributed by atoms with E-state index in [1.54, 1.807) is 0 Å². The fourth-order valence-corrected chi connectivity index (χ4v) is 0. The van der Waals surface area contributed by atoms with Gasteiger partial charge in [-0.15, -0.1) is 0 Å². The molecule has 0 aliphatic carbocycles. The van der Waals surface area contributed by atoms with Crippen molar-refractivity contribution in [2.75, 3.05) is 14.2 Å². The Balaban J connectivity index is -0.0000000457. The van der Waals surface area contributed by atoms with Crippen LogP contribution in [0.4, 0.5) is 0 Å². The van der Waals surface area contributed by atoms with Crippen LogP contribution in [0.15, 0.2) is 0 Å². The fraction of sp³-hybridized carbons (Fsp3) is 1.00. The molecule has 68 valence electrons. The molecule has 0 saturated carbocycles. The molecule has 0 aromatic rings. The Morgan fingerprint density at radius 1 is 0.750 bits per heavy atom. The largest absolute Gasteiger partial charge is 2.00 e. The van der Waals surface area contributed by atoms with Crippen molar-refractivity contribution >= 4 is 76.6 Å². The van der Waals surface area contributed by atoms with Crippen LogP contribution in [0.5, 0.6) is 0 Å². The van der Waals surface area contributed by atoms with Gasteiger partial charge in [-0.3, -0.25) is 0 Å². The second-order valence-electron chi connectivity index (χ2n) is 0.742. The van der Waals surface area contributed by atoms with Gasteiger partial charge in [0.15, 0.2) is 0 Å². The van der Waals surface area contributed by atoms with E-state index >= 15 is 0 Å². The van der Waals surface area contributed by atoms with E-state index in [-0.39, 0.29) is 54.6 Å². The molecule has 0 unspecified atom stereocenters. The first kappa shape index (κ1) is 23.5. The van der Waals surface area contributed by atoms with E-state index < -0.39 is 22.0 Å². The third-order valence-corrected chi connectivity index (χ3v) is 0.816. The molecule has 0 saturated heterocycles. The van der Waals surface area contributed by atoms with Crippen molar-refractivity contribution in [3.8, 4) is 0 Å². The molecule has 0 aromatic carbocycles. The van der Waals surface area contributed by atoms with Gasteiger partial charge < -0.3 is 25.2 Å². The van der Waals surface area contributed by atoms with E-state index in [2.05, 4.69) is 8.37 Å². The second-order valence-corrected chi connectivity index (χ2v) is 2.22. The smallest absolute Gasteiger partial charge is 0.427 e. The molecule has 0 spiro atoms. The predicted octanol–water partition coefficient (Wildman–Crippen LogP) is -1.05. The summed E-state index contributed by atoms with van der Waals surface area (Å²) in [6.45, 7) is 0. The Bertz CT molecular complexity index is 160. The van der Waals surface area contributed by atoms with Crippen LogP contribution in [0.25, 0.3) is 0 Å². The first-order valence-corrected chi connectivity index (χ1v) is 3.82. The Morgan fingerprint density at radius 2 is 0.833 bits per heavy atom. The van der Waals surface area contributed by atoms with Crippen LogP contribution >= 0.6 is 0 Å². The summed E-state index contributed by atoms with van der Waals surface area (Å²) in [5.74, 6) is 0. The normalized spacial score (nSPS) is 7.67. The van der Waals surface area contributed by atoms with Crippen LogP contribution in [0.3, 0.4) is 0 Å². The molecule has 0 atom stereocenters. The molecular weight excluding hydrogens is 599 g/mol. The van der Waals surface area contributed by atoms with Crippen molar-refractivity contribution in [2.24, 2.45) is 0 Å². The van der Waals surface area contributed by atoms with Gasteiger partial charge >= 0.3 is 54.6 Å². The second kappa shape index (κ2) is 18.4. The van der Waals surface area contributed by atoms with Crippen molar-refractivity contribution in [3.63, 3.8) is 0 Å². The maximum Gasteiger partial charge on any atom is 2.00 e. The molecule has 4 radical (unpaired) electrons. The Hall–Kier alpha value is 1.66. The minimum Gasteiger partial charge on any atom is -0.427 e. The average molecular weight is 605 g/mol. The first-order chi connectivity index (χ1) is 4.54. The summed E-state index contributed by atoms with van der Waals surface area (Å²) in [6.07, 6.45) is 0. The van der Waals surface area contributed by atoms with Gasteiger partial charge in [0, 0.05) is 14.2 Å². The summed E-state index contributed by atoms with van der Waals surface area (Å²) >= 11 is 0. The molecule has 0 amide bonds. The van der Waals surface area contributed by atoms with Crippen LogP contribution in [0.1, 0.15) is 0 Å². The van der Waals surface area contributed by atoms with Gasteiger partial charge in [-0.1, -0.05) is 0 Å². The van der Waals surface area contributed by atoms with E-state index in [1.165, 1.54) is 0 Å². The van der Waals surface area contributed by atoms with E-state index in [4.69, 9.17) is 16.8 Å². The molecule has 0 heterocycles. The minimum atomic E-state index is -2.32. The van der Waals surface area contributed by atoms with Crippen molar-refractivity contribution in [1.82, 2.24) is 0 Å². The molecule has 0 aromatic heterocycles. The SMILES string of the molecule is CO[S-](=O)=O.CO[S-](=O)=O.[Pb+2].[Pb+2]. The zero-order chi connectivity index (χ0) is 8.57. The van der Waals surface area contributed by atoms with Crippen LogP contribution in [0, 0.1) is 0 Å². The predicted molar refractivity (Wildman–Crippen MR) is 43.0 cm³/mol. The zero-order valence-electron chi connectivity index (χ0n) is 6.27. The van der Waals surface area contributed by atoms with Crippen molar-refractivity contribution in [2.45, 2.75) is 0 Å². The van der Waals surface area contributed by atoms with E-state index in [9.17, 15) is 0 Å². The third-order valence-electron chi connectivity index (χ3n) is 0.272. The molecule has 0 fully saturated rings. The Kier molecular flexibility index (Phi) is 36.1. The van der Waals surface area contributed by atoms with Crippen LogP contribution in [0.2, 0.25) is 0 Å². The number of hydrogen-bond donors (Lipinski definition) is 0. The Labute approximate surface area is 115 Å². The molecule has 6 nitrogen and oxygen atoms in total. The molecule has 0 bridgehead atoms. The molecule has 12 heavy (non-hydrogen) atoms. The molecular formula is C2H6O6Pb2S2+2. The van der Waals surface area contributed by atoms with Crippen molar-refractivity contribution in [3.05, 3.63) is 0 Å². The molecule has 0 N–H and O–H groups in total. The number of hydrogen-bond acceptors (Lipinski definition) is 8. The van der Waals surface area contributed by atoms with Gasteiger partial charge in [-0.05, 0) is 0 Å². The quantitative estimate of drug-likeness (QED) is 0.296. The van der Waals surface area contributed by atoms with Gasteiger partial charge in [-0.2, -0.15) is 0 Å². The number of rotatable bonds is 2. The van der Waals surface area contributed by atoms with Crippen molar-refractivity contribution < 1.29 is 25.2 Å². The topological polar surface area (TPSA) is 86.7 Å². The van der Waals surface area contributed by atoms with Crippen molar-refractivity contribution in [1.29, 1.82) is 0 Å². The van der Waals surface area contributed by atoms with Crippen LogP contribution in [-0.2, 0) is 47.2 Å². The maximum atomic E-state index is 9.15. The average Bonchev–Trinajstić information content (AvgIpc) is 1.89. The first-order valence-electron chi connectivity index (χ1n) is 1.82. The van der Waals surface area contributed by atoms with Crippen LogP contribution in [-0.4, -0.2) is 68.8 Å². The zero-order valence-corrected chi connectivity index (χ0v) is 15.7. The van der Waals surface area contributed by atoms with E-state index in [1.807, 2.05) is 0 Å². The van der Waals surface area contributed by atoms with E-state index in [0.29, 0.717) is 0 Å². The van der Waals surface area contributed by atoms with Crippen LogP contribution < -0.4 is 0 Å². The molecule has 10 heteroatoms. The van der Waals surface area contributed by atoms with Gasteiger partial charge in [-0.25, -0.2) is 0 Å². The van der Waals surface area contributed by atoms with Gasteiger partial charge in [0.25, 0.3) is 0 Å².